The molecule has 1 aliphatic heterocycles. The van der Waals surface area contributed by atoms with E-state index in [9.17, 15) is 0 Å². The van der Waals surface area contributed by atoms with Crippen LogP contribution in [0.1, 0.15) is 11.4 Å². The van der Waals surface area contributed by atoms with E-state index >= 15 is 0 Å². The van der Waals surface area contributed by atoms with Crippen LogP contribution in [0.3, 0.4) is 0 Å². The highest BCUT2D eigenvalue weighted by Crippen LogP contribution is 2.39. The van der Waals surface area contributed by atoms with Crippen molar-refractivity contribution in [2.24, 2.45) is 0 Å². The minimum Gasteiger partial charge on any atom is -0.378 e. The molecule has 0 unspecified atom stereocenters. The first kappa shape index (κ1) is 13.3. The van der Waals surface area contributed by atoms with Crippen molar-refractivity contribution in [3.63, 3.8) is 0 Å². The third kappa shape index (κ3) is 2.09. The molecule has 0 radical (unpaired) electrons. The molecule has 21 heavy (non-hydrogen) atoms. The Hall–Kier alpha value is -1.36. The number of aromatic nitrogens is 2. The Kier molecular flexibility index (Phi) is 3.06. The predicted molar refractivity (Wildman–Crippen MR) is 86.8 cm³/mol. The number of ether oxygens (including phenoxy) is 1. The summed E-state index contributed by atoms with van der Waals surface area (Å²) in [6.07, 6.45) is 0. The van der Waals surface area contributed by atoms with Crippen LogP contribution in [-0.2, 0) is 10.2 Å². The lowest BCUT2D eigenvalue weighted by atomic mass is 9.78. The van der Waals surface area contributed by atoms with Gasteiger partial charge in [0.25, 0.3) is 0 Å². The Morgan fingerprint density at radius 2 is 1.90 bits per heavy atom. The first-order valence-corrected chi connectivity index (χ1v) is 7.84. The minimum absolute atomic E-state index is 0.188. The highest BCUT2D eigenvalue weighted by Gasteiger charge is 2.44. The van der Waals surface area contributed by atoms with Gasteiger partial charge in [-0.05, 0) is 35.9 Å². The van der Waals surface area contributed by atoms with Gasteiger partial charge in [0.1, 0.15) is 5.82 Å². The maximum absolute atomic E-state index is 6.05. The van der Waals surface area contributed by atoms with E-state index in [4.69, 9.17) is 21.3 Å². The molecule has 1 saturated heterocycles. The molecule has 106 valence electrons. The molecule has 5 heteroatoms. The van der Waals surface area contributed by atoms with Gasteiger partial charge in [0.2, 0.25) is 0 Å². The van der Waals surface area contributed by atoms with E-state index in [0.717, 1.165) is 21.3 Å². The van der Waals surface area contributed by atoms with Gasteiger partial charge >= 0.3 is 0 Å². The number of nitrogens with one attached hydrogen (secondary N) is 1. The lowest BCUT2D eigenvalue weighted by Gasteiger charge is -2.40. The van der Waals surface area contributed by atoms with E-state index in [2.05, 4.69) is 45.2 Å². The fourth-order valence-electron chi connectivity index (χ4n) is 2.72. The zero-order valence-electron chi connectivity index (χ0n) is 11.1. The number of hydrogen-bond acceptors (Lipinski definition) is 2. The minimum atomic E-state index is -0.188. The van der Waals surface area contributed by atoms with Gasteiger partial charge in [-0.1, -0.05) is 39.7 Å². The van der Waals surface area contributed by atoms with Crippen molar-refractivity contribution in [2.45, 2.75) is 5.41 Å². The molecule has 0 aliphatic carbocycles. The van der Waals surface area contributed by atoms with Crippen LogP contribution in [0.2, 0.25) is 5.02 Å². The number of hydrogen-bond donors (Lipinski definition) is 1. The average Bonchev–Trinajstić information content (AvgIpc) is 2.82. The second-order valence-corrected chi connectivity index (χ2v) is 6.68. The maximum Gasteiger partial charge on any atom is 0.122 e. The largest absolute Gasteiger partial charge is 0.378 e. The van der Waals surface area contributed by atoms with Crippen LogP contribution in [0.15, 0.2) is 46.9 Å². The third-order valence-electron chi connectivity index (χ3n) is 3.99. The summed E-state index contributed by atoms with van der Waals surface area (Å²) in [4.78, 5) is 8.15. The molecular formula is C16H12BrClN2O. The van der Waals surface area contributed by atoms with E-state index in [1.54, 1.807) is 0 Å². The zero-order valence-corrected chi connectivity index (χ0v) is 13.4. The van der Waals surface area contributed by atoms with Gasteiger partial charge in [0, 0.05) is 9.50 Å². The summed E-state index contributed by atoms with van der Waals surface area (Å²) in [6.45, 7) is 1.28. The molecule has 4 rings (SSSR count). The summed E-state index contributed by atoms with van der Waals surface area (Å²) in [7, 11) is 0. The van der Waals surface area contributed by atoms with Crippen LogP contribution in [0, 0.1) is 0 Å². The molecule has 0 saturated carbocycles. The van der Waals surface area contributed by atoms with Crippen molar-refractivity contribution < 1.29 is 4.74 Å². The summed E-state index contributed by atoms with van der Waals surface area (Å²) in [5, 5.41) is 0.709. The van der Waals surface area contributed by atoms with Gasteiger partial charge in [-0.15, -0.1) is 0 Å². The molecule has 0 amide bonds. The molecule has 0 spiro atoms. The van der Waals surface area contributed by atoms with Crippen molar-refractivity contribution >= 4 is 38.6 Å². The van der Waals surface area contributed by atoms with Crippen LogP contribution in [-0.4, -0.2) is 23.2 Å². The average molecular weight is 364 g/mol. The number of fused-ring (bicyclic) bond motifs is 1. The van der Waals surface area contributed by atoms with E-state index in [0.29, 0.717) is 18.2 Å². The van der Waals surface area contributed by atoms with Gasteiger partial charge in [-0.25, -0.2) is 4.98 Å². The quantitative estimate of drug-likeness (QED) is 0.737. The van der Waals surface area contributed by atoms with Crippen molar-refractivity contribution in [2.75, 3.05) is 13.2 Å². The van der Waals surface area contributed by atoms with E-state index in [-0.39, 0.29) is 5.41 Å². The van der Waals surface area contributed by atoms with Crippen molar-refractivity contribution in [1.29, 1.82) is 0 Å². The van der Waals surface area contributed by atoms with Gasteiger partial charge in [0.05, 0.1) is 29.7 Å². The van der Waals surface area contributed by atoms with Gasteiger partial charge in [-0.2, -0.15) is 0 Å². The van der Waals surface area contributed by atoms with E-state index in [1.807, 2.05) is 18.2 Å². The highest BCUT2D eigenvalue weighted by molar-refractivity contribution is 9.10. The third-order valence-corrected chi connectivity index (χ3v) is 4.75. The molecule has 1 aromatic heterocycles. The standard InChI is InChI=1S/C16H12BrClN2O/c17-11-3-1-10(2-4-11)16(8-21-9-16)15-19-13-6-5-12(18)7-14(13)20-15/h1-7H,8-9H2,(H,19,20). The normalized spacial score (nSPS) is 16.9. The Labute approximate surface area is 135 Å². The first-order valence-electron chi connectivity index (χ1n) is 6.67. The van der Waals surface area contributed by atoms with Crippen LogP contribution in [0.25, 0.3) is 11.0 Å². The number of benzene rings is 2. The molecule has 0 atom stereocenters. The summed E-state index contributed by atoms with van der Waals surface area (Å²) in [6, 6.07) is 14.0. The Bertz CT molecular complexity index is 809. The first-order chi connectivity index (χ1) is 10.2. The second kappa shape index (κ2) is 4.83. The zero-order chi connectivity index (χ0) is 14.4. The SMILES string of the molecule is Clc1ccc2nc(C3(c4ccc(Br)cc4)COC3)[nH]c2c1. The van der Waals surface area contributed by atoms with Gasteiger partial charge in [-0.3, -0.25) is 0 Å². The molecule has 3 aromatic rings. The summed E-state index contributed by atoms with van der Waals surface area (Å²) in [5.41, 5.74) is 2.91. The van der Waals surface area contributed by atoms with Crippen LogP contribution in [0.5, 0.6) is 0 Å². The second-order valence-electron chi connectivity index (χ2n) is 5.33. The predicted octanol–water partition coefficient (Wildman–Crippen LogP) is 4.30. The number of halogens is 2. The van der Waals surface area contributed by atoms with Gasteiger partial charge < -0.3 is 9.72 Å². The fraction of sp³-hybridized carbons (Fsp3) is 0.188. The molecule has 2 heterocycles. The topological polar surface area (TPSA) is 37.9 Å². The van der Waals surface area contributed by atoms with E-state index < -0.39 is 0 Å². The van der Waals surface area contributed by atoms with Crippen molar-refractivity contribution in [3.8, 4) is 0 Å². The number of nitrogens with zero attached hydrogens (tertiary/aromatic N) is 1. The Balaban J connectivity index is 1.85. The number of imidazole rings is 1. The lowest BCUT2D eigenvalue weighted by molar-refractivity contribution is -0.0416. The molecule has 0 bridgehead atoms. The van der Waals surface area contributed by atoms with Gasteiger partial charge in [0.15, 0.2) is 0 Å². The molecule has 1 N–H and O–H groups in total. The van der Waals surface area contributed by atoms with Crippen LogP contribution < -0.4 is 0 Å². The monoisotopic (exact) mass is 362 g/mol. The van der Waals surface area contributed by atoms with E-state index in [1.165, 1.54) is 5.56 Å². The molecule has 1 aliphatic rings. The van der Waals surface area contributed by atoms with Crippen LogP contribution >= 0.6 is 27.5 Å². The number of rotatable bonds is 2. The molecule has 1 fully saturated rings. The summed E-state index contributed by atoms with van der Waals surface area (Å²) in [5.74, 6) is 0.938. The maximum atomic E-state index is 6.05. The van der Waals surface area contributed by atoms with Crippen molar-refractivity contribution in [1.82, 2.24) is 9.97 Å². The lowest BCUT2D eigenvalue weighted by Crippen LogP contribution is -2.48. The number of H-pyrrole nitrogens is 1. The Morgan fingerprint density at radius 3 is 2.57 bits per heavy atom. The fourth-order valence-corrected chi connectivity index (χ4v) is 3.16. The van der Waals surface area contributed by atoms with Crippen LogP contribution in [0.4, 0.5) is 0 Å². The van der Waals surface area contributed by atoms with Crippen molar-refractivity contribution in [3.05, 3.63) is 63.3 Å². The summed E-state index contributed by atoms with van der Waals surface area (Å²) >= 11 is 9.52. The summed E-state index contributed by atoms with van der Waals surface area (Å²) < 4.78 is 6.57. The highest BCUT2D eigenvalue weighted by atomic mass is 79.9. The molecule has 2 aromatic carbocycles. The molecular weight excluding hydrogens is 352 g/mol. The Morgan fingerprint density at radius 1 is 1.14 bits per heavy atom. The number of aromatic amines is 1. The molecule has 3 nitrogen and oxygen atoms in total. The smallest absolute Gasteiger partial charge is 0.122 e.